The third-order valence-electron chi connectivity index (χ3n) is 5.79. The summed E-state index contributed by atoms with van der Waals surface area (Å²) in [5.74, 6) is 1.19. The molecule has 2 aliphatic rings. The second kappa shape index (κ2) is 6.30. The number of carbonyl (C=O) groups excluding carboxylic acids is 1. The molecule has 0 aromatic carbocycles. The lowest BCUT2D eigenvalue weighted by Gasteiger charge is -2.25. The Kier molecular flexibility index (Phi) is 3.89. The Labute approximate surface area is 161 Å². The van der Waals surface area contributed by atoms with Gasteiger partial charge in [0, 0.05) is 42.7 Å². The van der Waals surface area contributed by atoms with E-state index in [0.29, 0.717) is 6.42 Å². The van der Waals surface area contributed by atoms with E-state index < -0.39 is 0 Å². The Hall–Kier alpha value is -2.48. The number of H-pyrrole nitrogens is 1. The number of rotatable bonds is 3. The van der Waals surface area contributed by atoms with Gasteiger partial charge in [-0.3, -0.25) is 4.79 Å². The van der Waals surface area contributed by atoms with Gasteiger partial charge in [-0.15, -0.1) is 11.3 Å². The van der Waals surface area contributed by atoms with Gasteiger partial charge >= 0.3 is 0 Å². The second-order valence-corrected chi connectivity index (χ2v) is 8.65. The molecular formula is C19H22N6OS. The van der Waals surface area contributed by atoms with Crippen LogP contribution in [0.15, 0.2) is 24.1 Å². The zero-order valence-corrected chi connectivity index (χ0v) is 16.1. The lowest BCUT2D eigenvalue weighted by atomic mass is 10.1. The lowest BCUT2D eigenvalue weighted by Crippen LogP contribution is -2.37. The molecule has 3 aromatic heterocycles. The van der Waals surface area contributed by atoms with E-state index in [-0.39, 0.29) is 11.3 Å². The van der Waals surface area contributed by atoms with Gasteiger partial charge in [-0.1, -0.05) is 0 Å². The maximum absolute atomic E-state index is 13.0. The molecule has 2 fully saturated rings. The maximum atomic E-state index is 13.0. The van der Waals surface area contributed by atoms with Crippen molar-refractivity contribution in [2.24, 2.45) is 5.41 Å². The molecule has 1 saturated carbocycles. The molecular weight excluding hydrogens is 360 g/mol. The Morgan fingerprint density at radius 2 is 2.15 bits per heavy atom. The first-order valence-electron chi connectivity index (χ1n) is 9.33. The van der Waals surface area contributed by atoms with E-state index in [1.54, 1.807) is 17.7 Å². The molecule has 7 nitrogen and oxygen atoms in total. The number of fused-ring (bicyclic) bond motifs is 1. The van der Waals surface area contributed by atoms with Gasteiger partial charge in [0.25, 0.3) is 0 Å². The number of anilines is 1. The molecule has 1 aliphatic carbocycles. The highest BCUT2D eigenvalue weighted by atomic mass is 32.1. The van der Waals surface area contributed by atoms with Gasteiger partial charge in [-0.2, -0.15) is 0 Å². The fourth-order valence-corrected chi connectivity index (χ4v) is 4.77. The van der Waals surface area contributed by atoms with Crippen LogP contribution in [0.25, 0.3) is 11.0 Å². The largest absolute Gasteiger partial charge is 0.354 e. The standard InChI is InChI=1S/C19H22N6OS/c1-13-15(27-12-23-13)8-16(26)24-6-7-25(10-19(9-24)3-4-19)18-14-2-5-20-17(14)21-11-22-18/h2,5,11-12H,3-4,6-10H2,1H3,(H,20,21,22). The molecule has 8 heteroatoms. The van der Waals surface area contributed by atoms with Crippen molar-refractivity contribution in [2.45, 2.75) is 26.2 Å². The fourth-order valence-electron chi connectivity index (χ4n) is 4.00. The van der Waals surface area contributed by atoms with Crippen molar-refractivity contribution >= 4 is 34.1 Å². The van der Waals surface area contributed by atoms with Crippen LogP contribution < -0.4 is 4.90 Å². The number of carbonyl (C=O) groups is 1. The van der Waals surface area contributed by atoms with Crippen LogP contribution in [0.1, 0.15) is 23.4 Å². The predicted molar refractivity (Wildman–Crippen MR) is 105 cm³/mol. The van der Waals surface area contributed by atoms with E-state index in [2.05, 4.69) is 29.7 Å². The van der Waals surface area contributed by atoms with Crippen LogP contribution in [-0.2, 0) is 11.2 Å². The van der Waals surface area contributed by atoms with Gasteiger partial charge in [0.1, 0.15) is 17.8 Å². The van der Waals surface area contributed by atoms with Gasteiger partial charge in [-0.05, 0) is 25.8 Å². The van der Waals surface area contributed by atoms with Gasteiger partial charge in [0.15, 0.2) is 0 Å². The van der Waals surface area contributed by atoms with Gasteiger partial charge < -0.3 is 14.8 Å². The van der Waals surface area contributed by atoms with Crippen LogP contribution in [0.3, 0.4) is 0 Å². The number of aromatic amines is 1. The molecule has 27 heavy (non-hydrogen) atoms. The van der Waals surface area contributed by atoms with Crippen molar-refractivity contribution < 1.29 is 4.79 Å². The second-order valence-electron chi connectivity index (χ2n) is 7.71. The molecule has 1 spiro atoms. The van der Waals surface area contributed by atoms with Gasteiger partial charge in [0.2, 0.25) is 5.91 Å². The van der Waals surface area contributed by atoms with Crippen molar-refractivity contribution in [3.05, 3.63) is 34.7 Å². The summed E-state index contributed by atoms with van der Waals surface area (Å²) in [7, 11) is 0. The van der Waals surface area contributed by atoms with Crippen LogP contribution >= 0.6 is 11.3 Å². The van der Waals surface area contributed by atoms with Crippen LogP contribution in [0.5, 0.6) is 0 Å². The van der Waals surface area contributed by atoms with Crippen molar-refractivity contribution in [2.75, 3.05) is 31.1 Å². The lowest BCUT2D eigenvalue weighted by molar-refractivity contribution is -0.130. The SMILES string of the molecule is Cc1ncsc1CC(=O)N1CCN(c2ncnc3[nH]ccc23)CC2(CC2)C1. The summed E-state index contributed by atoms with van der Waals surface area (Å²) in [6.45, 7) is 5.30. The molecule has 0 bridgehead atoms. The van der Waals surface area contributed by atoms with Crippen LogP contribution in [0.4, 0.5) is 5.82 Å². The van der Waals surface area contributed by atoms with Gasteiger partial charge in [0.05, 0.1) is 23.0 Å². The summed E-state index contributed by atoms with van der Waals surface area (Å²) in [4.78, 5) is 34.7. The number of amides is 1. The molecule has 0 atom stereocenters. The van der Waals surface area contributed by atoms with Crippen molar-refractivity contribution in [3.63, 3.8) is 0 Å². The molecule has 1 saturated heterocycles. The molecule has 0 radical (unpaired) electrons. The summed E-state index contributed by atoms with van der Waals surface area (Å²) < 4.78 is 0. The zero-order valence-electron chi connectivity index (χ0n) is 15.3. The smallest absolute Gasteiger partial charge is 0.227 e. The predicted octanol–water partition coefficient (Wildman–Crippen LogP) is 2.39. The Morgan fingerprint density at radius 1 is 1.26 bits per heavy atom. The summed E-state index contributed by atoms with van der Waals surface area (Å²) in [6.07, 6.45) is 6.33. The highest BCUT2D eigenvalue weighted by Gasteiger charge is 2.47. The van der Waals surface area contributed by atoms with Crippen LogP contribution in [0, 0.1) is 12.3 Å². The number of nitrogens with zero attached hydrogens (tertiary/aromatic N) is 5. The Balaban J connectivity index is 1.38. The number of hydrogen-bond acceptors (Lipinski definition) is 6. The minimum absolute atomic E-state index is 0.211. The molecule has 1 amide bonds. The van der Waals surface area contributed by atoms with E-state index in [0.717, 1.165) is 53.6 Å². The Bertz CT molecular complexity index is 991. The number of aryl methyl sites for hydroxylation is 1. The minimum Gasteiger partial charge on any atom is -0.354 e. The number of thiazole rings is 1. The molecule has 3 aromatic rings. The van der Waals surface area contributed by atoms with Gasteiger partial charge in [-0.25, -0.2) is 15.0 Å². The van der Waals surface area contributed by atoms with E-state index >= 15 is 0 Å². The summed E-state index contributed by atoms with van der Waals surface area (Å²) in [6, 6.07) is 2.03. The zero-order chi connectivity index (χ0) is 18.4. The number of aromatic nitrogens is 4. The minimum atomic E-state index is 0.211. The molecule has 140 valence electrons. The first-order valence-corrected chi connectivity index (χ1v) is 10.2. The van der Waals surface area contributed by atoms with Crippen molar-refractivity contribution in [1.29, 1.82) is 0 Å². The number of nitrogens with one attached hydrogen (secondary N) is 1. The first kappa shape index (κ1) is 16.7. The van der Waals surface area contributed by atoms with E-state index in [1.165, 1.54) is 12.8 Å². The molecule has 1 aliphatic heterocycles. The summed E-state index contributed by atoms with van der Waals surface area (Å²) in [5.41, 5.74) is 3.87. The highest BCUT2D eigenvalue weighted by Crippen LogP contribution is 2.48. The topological polar surface area (TPSA) is 78.0 Å². The van der Waals surface area contributed by atoms with Crippen LogP contribution in [0.2, 0.25) is 0 Å². The third-order valence-corrected chi connectivity index (χ3v) is 6.73. The maximum Gasteiger partial charge on any atom is 0.227 e. The molecule has 4 heterocycles. The Morgan fingerprint density at radius 3 is 2.93 bits per heavy atom. The number of hydrogen-bond donors (Lipinski definition) is 1. The normalized spacial score (nSPS) is 18.9. The molecule has 0 unspecified atom stereocenters. The average Bonchev–Trinajstić information content (AvgIpc) is 3.11. The fraction of sp³-hybridized carbons (Fsp3) is 0.474. The quantitative estimate of drug-likeness (QED) is 0.753. The van der Waals surface area contributed by atoms with Crippen molar-refractivity contribution in [3.8, 4) is 0 Å². The van der Waals surface area contributed by atoms with Crippen LogP contribution in [-0.4, -0.2) is 56.9 Å². The highest BCUT2D eigenvalue weighted by molar-refractivity contribution is 7.09. The molecule has 1 N–H and O–H groups in total. The third kappa shape index (κ3) is 3.07. The molecule has 5 rings (SSSR count). The van der Waals surface area contributed by atoms with Crippen molar-refractivity contribution in [1.82, 2.24) is 24.8 Å². The monoisotopic (exact) mass is 382 g/mol. The first-order chi connectivity index (χ1) is 13.1. The van der Waals surface area contributed by atoms with E-state index in [9.17, 15) is 4.79 Å². The van der Waals surface area contributed by atoms with E-state index in [1.807, 2.05) is 24.7 Å². The summed E-state index contributed by atoms with van der Waals surface area (Å²) in [5, 5.41) is 1.05. The van der Waals surface area contributed by atoms with E-state index in [4.69, 9.17) is 0 Å². The summed E-state index contributed by atoms with van der Waals surface area (Å²) >= 11 is 1.57. The average molecular weight is 382 g/mol.